The highest BCUT2D eigenvalue weighted by atomic mass is 32.1. The summed E-state index contributed by atoms with van der Waals surface area (Å²) in [5, 5.41) is 0.993. The van der Waals surface area contributed by atoms with Crippen LogP contribution in [0.3, 0.4) is 0 Å². The Morgan fingerprint density at radius 3 is 2.77 bits per heavy atom. The van der Waals surface area contributed by atoms with Crippen molar-refractivity contribution >= 4 is 32.4 Å². The summed E-state index contributed by atoms with van der Waals surface area (Å²) in [5.41, 5.74) is 7.46. The molecule has 1 aromatic heterocycles. The van der Waals surface area contributed by atoms with Gasteiger partial charge in [-0.2, -0.15) is 0 Å². The zero-order valence-corrected chi connectivity index (χ0v) is 8.43. The van der Waals surface area contributed by atoms with E-state index in [1.807, 2.05) is 37.2 Å². The summed E-state index contributed by atoms with van der Waals surface area (Å²) >= 11 is 1.65. The molecule has 0 aliphatic heterocycles. The molecule has 0 bridgehead atoms. The zero-order chi connectivity index (χ0) is 9.42. The molecular weight excluding hydrogens is 182 g/mol. The summed E-state index contributed by atoms with van der Waals surface area (Å²) < 4.78 is 1.14. The van der Waals surface area contributed by atoms with E-state index in [4.69, 9.17) is 5.73 Å². The Bertz CT molecular complexity index is 433. The number of fused-ring (bicyclic) bond motifs is 1. The largest absolute Gasteiger partial charge is 0.397 e. The number of hydrogen-bond donors (Lipinski definition) is 1. The molecule has 0 radical (unpaired) electrons. The molecule has 4 heteroatoms. The van der Waals surface area contributed by atoms with Crippen LogP contribution < -0.4 is 10.6 Å². The molecule has 0 saturated heterocycles. The van der Waals surface area contributed by atoms with Crippen LogP contribution in [-0.2, 0) is 0 Å². The van der Waals surface area contributed by atoms with E-state index < -0.39 is 0 Å². The first kappa shape index (κ1) is 8.31. The van der Waals surface area contributed by atoms with Crippen molar-refractivity contribution in [1.29, 1.82) is 0 Å². The van der Waals surface area contributed by atoms with Crippen LogP contribution in [0, 0.1) is 0 Å². The summed E-state index contributed by atoms with van der Waals surface area (Å²) in [6, 6.07) is 5.87. The Morgan fingerprint density at radius 2 is 2.15 bits per heavy atom. The van der Waals surface area contributed by atoms with Crippen molar-refractivity contribution < 1.29 is 0 Å². The summed E-state index contributed by atoms with van der Waals surface area (Å²) in [7, 11) is 3.96. The SMILES string of the molecule is CN(C)c1nc2c(N)cccc2s1. The molecule has 3 nitrogen and oxygen atoms in total. The number of aromatic nitrogens is 1. The highest BCUT2D eigenvalue weighted by molar-refractivity contribution is 7.22. The lowest BCUT2D eigenvalue weighted by molar-refractivity contribution is 1.11. The van der Waals surface area contributed by atoms with Crippen molar-refractivity contribution in [2.24, 2.45) is 0 Å². The summed E-state index contributed by atoms with van der Waals surface area (Å²) in [5.74, 6) is 0. The second-order valence-electron chi connectivity index (χ2n) is 3.08. The lowest BCUT2D eigenvalue weighted by Gasteiger charge is -2.04. The van der Waals surface area contributed by atoms with Crippen LogP contribution in [0.25, 0.3) is 10.2 Å². The molecule has 2 N–H and O–H groups in total. The number of benzene rings is 1. The Labute approximate surface area is 80.8 Å². The van der Waals surface area contributed by atoms with Gasteiger partial charge in [0.2, 0.25) is 0 Å². The van der Waals surface area contributed by atoms with Crippen molar-refractivity contribution in [3.05, 3.63) is 18.2 Å². The molecule has 0 saturated carbocycles. The van der Waals surface area contributed by atoms with Gasteiger partial charge in [-0.05, 0) is 12.1 Å². The average molecular weight is 193 g/mol. The fourth-order valence-corrected chi connectivity index (χ4v) is 2.07. The maximum Gasteiger partial charge on any atom is 0.185 e. The third kappa shape index (κ3) is 1.33. The van der Waals surface area contributed by atoms with E-state index in [9.17, 15) is 0 Å². The molecular formula is C9H11N3S. The maximum absolute atomic E-state index is 5.80. The number of hydrogen-bond acceptors (Lipinski definition) is 4. The molecule has 1 aromatic carbocycles. The number of nitrogens with zero attached hydrogens (tertiary/aromatic N) is 2. The van der Waals surface area contributed by atoms with Gasteiger partial charge in [-0.1, -0.05) is 17.4 Å². The Morgan fingerprint density at radius 1 is 1.38 bits per heavy atom. The van der Waals surface area contributed by atoms with Crippen LogP contribution in [-0.4, -0.2) is 19.1 Å². The van der Waals surface area contributed by atoms with E-state index in [2.05, 4.69) is 4.98 Å². The first-order valence-corrected chi connectivity index (χ1v) is 4.82. The van der Waals surface area contributed by atoms with Crippen LogP contribution in [0.1, 0.15) is 0 Å². The highest BCUT2D eigenvalue weighted by Crippen LogP contribution is 2.30. The molecule has 0 unspecified atom stereocenters. The Balaban J connectivity index is 2.68. The molecule has 68 valence electrons. The Kier molecular flexibility index (Phi) is 1.84. The quantitative estimate of drug-likeness (QED) is 0.704. The lowest BCUT2D eigenvalue weighted by atomic mass is 10.3. The number of nitrogens with two attached hydrogens (primary N) is 1. The third-order valence-electron chi connectivity index (χ3n) is 1.82. The van der Waals surface area contributed by atoms with E-state index in [1.165, 1.54) is 0 Å². The summed E-state index contributed by atoms with van der Waals surface area (Å²) in [6.45, 7) is 0. The first-order valence-electron chi connectivity index (χ1n) is 4.01. The number of thiazole rings is 1. The van der Waals surface area contributed by atoms with Crippen LogP contribution in [0.5, 0.6) is 0 Å². The van der Waals surface area contributed by atoms with Gasteiger partial charge < -0.3 is 10.6 Å². The highest BCUT2D eigenvalue weighted by Gasteiger charge is 2.06. The number of para-hydroxylation sites is 1. The van der Waals surface area contributed by atoms with E-state index in [0.29, 0.717) is 0 Å². The second kappa shape index (κ2) is 2.88. The van der Waals surface area contributed by atoms with Gasteiger partial charge in [-0.15, -0.1) is 0 Å². The summed E-state index contributed by atoms with van der Waals surface area (Å²) in [6.07, 6.45) is 0. The van der Waals surface area contributed by atoms with Crippen LogP contribution in [0.4, 0.5) is 10.8 Å². The van der Waals surface area contributed by atoms with Crippen LogP contribution in [0.2, 0.25) is 0 Å². The topological polar surface area (TPSA) is 42.2 Å². The third-order valence-corrected chi connectivity index (χ3v) is 3.01. The molecule has 0 spiro atoms. The molecule has 2 aromatic rings. The zero-order valence-electron chi connectivity index (χ0n) is 7.61. The van der Waals surface area contributed by atoms with Crippen LogP contribution in [0.15, 0.2) is 18.2 Å². The van der Waals surface area contributed by atoms with Gasteiger partial charge in [0.1, 0.15) is 5.52 Å². The molecule has 0 aliphatic carbocycles. The molecule has 13 heavy (non-hydrogen) atoms. The minimum Gasteiger partial charge on any atom is -0.397 e. The fraction of sp³-hybridized carbons (Fsp3) is 0.222. The van der Waals surface area contributed by atoms with E-state index >= 15 is 0 Å². The van der Waals surface area contributed by atoms with Crippen molar-refractivity contribution in [1.82, 2.24) is 4.98 Å². The molecule has 0 atom stereocenters. The van der Waals surface area contributed by atoms with E-state index in [1.54, 1.807) is 11.3 Å². The first-order chi connectivity index (χ1) is 6.18. The van der Waals surface area contributed by atoms with Gasteiger partial charge in [0.05, 0.1) is 10.4 Å². The minimum absolute atomic E-state index is 0.752. The fourth-order valence-electron chi connectivity index (χ4n) is 1.15. The minimum atomic E-state index is 0.752. The van der Waals surface area contributed by atoms with Crippen molar-refractivity contribution in [2.75, 3.05) is 24.7 Å². The lowest BCUT2D eigenvalue weighted by Crippen LogP contribution is -2.07. The van der Waals surface area contributed by atoms with Gasteiger partial charge in [-0.3, -0.25) is 0 Å². The number of nitrogen functional groups attached to an aromatic ring is 1. The van der Waals surface area contributed by atoms with Gasteiger partial charge >= 0.3 is 0 Å². The summed E-state index contributed by atoms with van der Waals surface area (Å²) in [4.78, 5) is 6.42. The standard InChI is InChI=1S/C9H11N3S/c1-12(2)9-11-8-6(10)4-3-5-7(8)13-9/h3-5H,10H2,1-2H3. The van der Waals surface area contributed by atoms with Gasteiger partial charge in [0.15, 0.2) is 5.13 Å². The van der Waals surface area contributed by atoms with Gasteiger partial charge in [0, 0.05) is 14.1 Å². The molecule has 1 heterocycles. The molecule has 0 fully saturated rings. The van der Waals surface area contributed by atoms with E-state index in [0.717, 1.165) is 21.0 Å². The number of rotatable bonds is 1. The predicted octanol–water partition coefficient (Wildman–Crippen LogP) is 1.94. The normalized spacial score (nSPS) is 10.6. The van der Waals surface area contributed by atoms with Gasteiger partial charge in [-0.25, -0.2) is 4.98 Å². The van der Waals surface area contributed by atoms with E-state index in [-0.39, 0.29) is 0 Å². The van der Waals surface area contributed by atoms with Crippen molar-refractivity contribution in [3.8, 4) is 0 Å². The second-order valence-corrected chi connectivity index (χ2v) is 4.09. The smallest absolute Gasteiger partial charge is 0.185 e. The molecule has 2 rings (SSSR count). The average Bonchev–Trinajstić information content (AvgIpc) is 2.49. The Hall–Kier alpha value is -1.29. The molecule has 0 aliphatic rings. The van der Waals surface area contributed by atoms with Gasteiger partial charge in [0.25, 0.3) is 0 Å². The maximum atomic E-state index is 5.80. The monoisotopic (exact) mass is 193 g/mol. The van der Waals surface area contributed by atoms with Crippen molar-refractivity contribution in [3.63, 3.8) is 0 Å². The van der Waals surface area contributed by atoms with Crippen LogP contribution >= 0.6 is 11.3 Å². The predicted molar refractivity (Wildman–Crippen MR) is 58.4 cm³/mol. The van der Waals surface area contributed by atoms with Crippen molar-refractivity contribution in [2.45, 2.75) is 0 Å². The molecule has 0 amide bonds. The number of anilines is 2.